The molecule has 0 spiro atoms. The van der Waals surface area contributed by atoms with Crippen LogP contribution in [0, 0.1) is 5.82 Å². The highest BCUT2D eigenvalue weighted by atomic mass is 35.5. The molecule has 0 aliphatic carbocycles. The van der Waals surface area contributed by atoms with Crippen LogP contribution in [0.15, 0.2) is 48.5 Å². The Morgan fingerprint density at radius 2 is 1.72 bits per heavy atom. The predicted octanol–water partition coefficient (Wildman–Crippen LogP) is 4.75. The molecule has 2 amide bonds. The van der Waals surface area contributed by atoms with Gasteiger partial charge < -0.3 is 10.2 Å². The number of benzene rings is 2. The number of nitrogens with one attached hydrogen (secondary N) is 1. The van der Waals surface area contributed by atoms with E-state index in [0.29, 0.717) is 23.6 Å². The summed E-state index contributed by atoms with van der Waals surface area (Å²) < 4.78 is 14.1. The summed E-state index contributed by atoms with van der Waals surface area (Å²) in [6, 6.07) is 12.8. The van der Waals surface area contributed by atoms with E-state index in [0.717, 1.165) is 18.4 Å². The summed E-state index contributed by atoms with van der Waals surface area (Å²) in [6.07, 6.45) is 2.17. The summed E-state index contributed by atoms with van der Waals surface area (Å²) in [6.45, 7) is 4.66. The van der Waals surface area contributed by atoms with E-state index in [1.807, 2.05) is 32.0 Å². The van der Waals surface area contributed by atoms with Gasteiger partial charge in [0.1, 0.15) is 11.9 Å². The van der Waals surface area contributed by atoms with Gasteiger partial charge >= 0.3 is 0 Å². The monoisotopic (exact) mass is 418 g/mol. The van der Waals surface area contributed by atoms with Crippen LogP contribution in [0.3, 0.4) is 0 Å². The molecule has 4 nitrogen and oxygen atoms in total. The first kappa shape index (κ1) is 22.9. The third-order valence-corrected chi connectivity index (χ3v) is 5.18. The van der Waals surface area contributed by atoms with Crippen molar-refractivity contribution in [1.29, 1.82) is 0 Å². The third-order valence-electron chi connectivity index (χ3n) is 4.81. The predicted molar refractivity (Wildman–Crippen MR) is 114 cm³/mol. The summed E-state index contributed by atoms with van der Waals surface area (Å²) in [5.41, 5.74) is 1.05. The van der Waals surface area contributed by atoms with Crippen LogP contribution in [0.25, 0.3) is 0 Å². The molecule has 1 atom stereocenters. The lowest BCUT2D eigenvalue weighted by atomic mass is 10.1. The zero-order valence-corrected chi connectivity index (χ0v) is 17.7. The first-order valence-corrected chi connectivity index (χ1v) is 10.4. The fraction of sp³-hybridized carbons (Fsp3) is 0.391. The van der Waals surface area contributed by atoms with E-state index >= 15 is 0 Å². The number of halogens is 2. The largest absolute Gasteiger partial charge is 0.354 e. The van der Waals surface area contributed by atoms with Crippen molar-refractivity contribution in [2.45, 2.75) is 52.1 Å². The van der Waals surface area contributed by atoms with E-state index in [1.54, 1.807) is 24.3 Å². The van der Waals surface area contributed by atoms with Crippen LogP contribution in [-0.4, -0.2) is 29.3 Å². The van der Waals surface area contributed by atoms with Crippen molar-refractivity contribution in [2.24, 2.45) is 0 Å². The average Bonchev–Trinajstić information content (AvgIpc) is 2.71. The number of hydrogen-bond acceptors (Lipinski definition) is 2. The highest BCUT2D eigenvalue weighted by Gasteiger charge is 2.29. The summed E-state index contributed by atoms with van der Waals surface area (Å²) in [7, 11) is 0. The van der Waals surface area contributed by atoms with E-state index in [-0.39, 0.29) is 24.8 Å². The molecule has 6 heteroatoms. The van der Waals surface area contributed by atoms with E-state index in [2.05, 4.69) is 5.32 Å². The molecule has 2 aromatic carbocycles. The lowest BCUT2D eigenvalue weighted by Gasteiger charge is -2.31. The Balaban J connectivity index is 2.28. The normalized spacial score (nSPS) is 11.7. The van der Waals surface area contributed by atoms with E-state index in [9.17, 15) is 14.0 Å². The number of carbonyl (C=O) groups excluding carboxylic acids is 2. The van der Waals surface area contributed by atoms with Gasteiger partial charge in [-0.25, -0.2) is 4.39 Å². The highest BCUT2D eigenvalue weighted by Crippen LogP contribution is 2.21. The lowest BCUT2D eigenvalue weighted by molar-refractivity contribution is -0.141. The molecule has 1 N–H and O–H groups in total. The quantitative estimate of drug-likeness (QED) is 0.566. The minimum Gasteiger partial charge on any atom is -0.354 e. The van der Waals surface area contributed by atoms with Gasteiger partial charge in [-0.2, -0.15) is 0 Å². The number of hydrogen-bond donors (Lipinski definition) is 1. The van der Waals surface area contributed by atoms with Gasteiger partial charge in [-0.3, -0.25) is 9.59 Å². The molecule has 0 radical (unpaired) electrons. The third kappa shape index (κ3) is 6.57. The fourth-order valence-corrected chi connectivity index (χ4v) is 3.34. The molecule has 0 aliphatic heterocycles. The van der Waals surface area contributed by atoms with Gasteiger partial charge in [-0.15, -0.1) is 0 Å². The molecule has 156 valence electrons. The Bertz CT molecular complexity index is 828. The van der Waals surface area contributed by atoms with E-state index < -0.39 is 11.9 Å². The van der Waals surface area contributed by atoms with Crippen LogP contribution in [0.4, 0.5) is 4.39 Å². The standard InChI is InChI=1S/C23H28ClFN2O2/c1-3-5-14-26-23(29)21(4-2)27(16-18-11-6-8-12-19(18)24)22(28)15-17-10-7-9-13-20(17)25/h6-13,21H,3-5,14-16H2,1-2H3,(H,26,29)/t21-/m0/s1. The first-order valence-electron chi connectivity index (χ1n) is 10.0. The highest BCUT2D eigenvalue weighted by molar-refractivity contribution is 6.31. The lowest BCUT2D eigenvalue weighted by Crippen LogP contribution is -2.49. The van der Waals surface area contributed by atoms with Crippen molar-refractivity contribution < 1.29 is 14.0 Å². The van der Waals surface area contributed by atoms with Crippen LogP contribution < -0.4 is 5.32 Å². The number of unbranched alkanes of at least 4 members (excludes halogenated alkanes) is 1. The molecule has 2 aromatic rings. The Kier molecular flexibility index (Phi) is 9.13. The van der Waals surface area contributed by atoms with Crippen LogP contribution in [0.1, 0.15) is 44.2 Å². The second kappa shape index (κ2) is 11.6. The minimum absolute atomic E-state index is 0.115. The van der Waals surface area contributed by atoms with Gasteiger partial charge in [0.15, 0.2) is 0 Å². The first-order chi connectivity index (χ1) is 14.0. The number of carbonyl (C=O) groups is 2. The SMILES string of the molecule is CCCCNC(=O)[C@H](CC)N(Cc1ccccc1Cl)C(=O)Cc1ccccc1F. The maximum absolute atomic E-state index is 14.1. The van der Waals surface area contributed by atoms with Gasteiger partial charge in [0.05, 0.1) is 6.42 Å². The average molecular weight is 419 g/mol. The molecule has 0 heterocycles. The van der Waals surface area contributed by atoms with Crippen molar-refractivity contribution >= 4 is 23.4 Å². The van der Waals surface area contributed by atoms with E-state index in [4.69, 9.17) is 11.6 Å². The summed E-state index contributed by atoms with van der Waals surface area (Å²) in [4.78, 5) is 27.4. The second-order valence-electron chi connectivity index (χ2n) is 6.95. The summed E-state index contributed by atoms with van der Waals surface area (Å²) >= 11 is 6.29. The zero-order chi connectivity index (χ0) is 21.2. The van der Waals surface area contributed by atoms with E-state index in [1.165, 1.54) is 11.0 Å². The molecule has 29 heavy (non-hydrogen) atoms. The molecular weight excluding hydrogens is 391 g/mol. The van der Waals surface area contributed by atoms with Crippen LogP contribution >= 0.6 is 11.6 Å². The zero-order valence-electron chi connectivity index (χ0n) is 17.0. The number of nitrogens with zero attached hydrogens (tertiary/aromatic N) is 1. The number of rotatable bonds is 10. The van der Waals surface area contributed by atoms with Gasteiger partial charge in [0, 0.05) is 18.1 Å². The van der Waals surface area contributed by atoms with Crippen LogP contribution in [0.5, 0.6) is 0 Å². The fourth-order valence-electron chi connectivity index (χ4n) is 3.14. The van der Waals surface area contributed by atoms with Crippen molar-refractivity contribution in [1.82, 2.24) is 10.2 Å². The van der Waals surface area contributed by atoms with Crippen molar-refractivity contribution in [3.8, 4) is 0 Å². The maximum atomic E-state index is 14.1. The van der Waals surface area contributed by atoms with Gasteiger partial charge in [-0.1, -0.05) is 68.3 Å². The van der Waals surface area contributed by atoms with Crippen molar-refractivity contribution in [3.05, 3.63) is 70.5 Å². The molecule has 0 saturated heterocycles. The van der Waals surface area contributed by atoms with Gasteiger partial charge in [-0.05, 0) is 36.1 Å². The molecule has 0 aliphatic rings. The smallest absolute Gasteiger partial charge is 0.242 e. The van der Waals surface area contributed by atoms with Crippen molar-refractivity contribution in [2.75, 3.05) is 6.54 Å². The van der Waals surface area contributed by atoms with Crippen LogP contribution in [-0.2, 0) is 22.6 Å². The van der Waals surface area contributed by atoms with Crippen molar-refractivity contribution in [3.63, 3.8) is 0 Å². The number of amides is 2. The Labute approximate surface area is 177 Å². The molecule has 0 fully saturated rings. The maximum Gasteiger partial charge on any atom is 0.242 e. The van der Waals surface area contributed by atoms with Gasteiger partial charge in [0.25, 0.3) is 0 Å². The minimum atomic E-state index is -0.651. The Morgan fingerprint density at radius 1 is 1.07 bits per heavy atom. The Hall–Kier alpha value is -2.40. The second-order valence-corrected chi connectivity index (χ2v) is 7.36. The molecule has 0 saturated carbocycles. The molecular formula is C23H28ClFN2O2. The molecule has 0 unspecified atom stereocenters. The van der Waals surface area contributed by atoms with Gasteiger partial charge in [0.2, 0.25) is 11.8 Å². The summed E-state index contributed by atoms with van der Waals surface area (Å²) in [5, 5.41) is 3.43. The molecule has 0 bridgehead atoms. The molecule has 2 rings (SSSR count). The molecule has 0 aromatic heterocycles. The summed E-state index contributed by atoms with van der Waals surface area (Å²) in [5.74, 6) is -0.943. The Morgan fingerprint density at radius 3 is 2.34 bits per heavy atom. The topological polar surface area (TPSA) is 49.4 Å². The van der Waals surface area contributed by atoms with Crippen LogP contribution in [0.2, 0.25) is 5.02 Å².